The topological polar surface area (TPSA) is 46.3 Å². The summed E-state index contributed by atoms with van der Waals surface area (Å²) in [5.74, 6) is -0.230. The average molecular weight is 204 g/mol. The quantitative estimate of drug-likeness (QED) is 0.736. The molecule has 0 unspecified atom stereocenters. The van der Waals surface area contributed by atoms with E-state index in [1.165, 1.54) is 16.7 Å². The molecule has 1 atom stereocenters. The van der Waals surface area contributed by atoms with Gasteiger partial charge in [-0.05, 0) is 37.1 Å². The molecule has 1 aromatic carbocycles. The second-order valence-electron chi connectivity index (χ2n) is 4.25. The van der Waals surface area contributed by atoms with Gasteiger partial charge in [0, 0.05) is 6.54 Å². The minimum absolute atomic E-state index is 0.154. The van der Waals surface area contributed by atoms with E-state index in [0.29, 0.717) is 0 Å². The standard InChI is InChI=1S/C12H16N2O/c1-8-4-3-5-9-7-14(2)11(12(13)15)6-10(8)9/h3-5,11H,6-7H2,1-2H3,(H2,13,15)/t11-/m1/s1. The number of nitrogens with two attached hydrogens (primary N) is 1. The predicted octanol–water partition coefficient (Wildman–Crippen LogP) is 0.837. The van der Waals surface area contributed by atoms with Crippen molar-refractivity contribution >= 4 is 5.91 Å². The lowest BCUT2D eigenvalue weighted by molar-refractivity contribution is -0.123. The molecule has 3 heteroatoms. The van der Waals surface area contributed by atoms with Crippen LogP contribution >= 0.6 is 0 Å². The predicted molar refractivity (Wildman–Crippen MR) is 59.3 cm³/mol. The number of likely N-dealkylation sites (N-methyl/N-ethyl adjacent to an activating group) is 1. The highest BCUT2D eigenvalue weighted by Gasteiger charge is 2.27. The Bertz CT molecular complexity index is 401. The van der Waals surface area contributed by atoms with Crippen molar-refractivity contribution in [3.63, 3.8) is 0 Å². The first kappa shape index (κ1) is 10.2. The number of rotatable bonds is 1. The third-order valence-electron chi connectivity index (χ3n) is 3.18. The maximum absolute atomic E-state index is 11.3. The number of nitrogens with zero attached hydrogens (tertiary/aromatic N) is 1. The number of amides is 1. The van der Waals surface area contributed by atoms with Crippen molar-refractivity contribution in [1.82, 2.24) is 4.90 Å². The lowest BCUT2D eigenvalue weighted by Gasteiger charge is -2.32. The third-order valence-corrected chi connectivity index (χ3v) is 3.18. The van der Waals surface area contributed by atoms with Crippen LogP contribution in [0.3, 0.4) is 0 Å². The summed E-state index contributed by atoms with van der Waals surface area (Å²) in [6.07, 6.45) is 0.744. The van der Waals surface area contributed by atoms with E-state index >= 15 is 0 Å². The van der Waals surface area contributed by atoms with Crippen LogP contribution in [0.1, 0.15) is 16.7 Å². The summed E-state index contributed by atoms with van der Waals surface area (Å²) in [6, 6.07) is 6.11. The molecule has 1 amide bonds. The zero-order valence-corrected chi connectivity index (χ0v) is 9.16. The number of fused-ring (bicyclic) bond motifs is 1. The van der Waals surface area contributed by atoms with Crippen LogP contribution in [0.5, 0.6) is 0 Å². The highest BCUT2D eigenvalue weighted by atomic mass is 16.1. The van der Waals surface area contributed by atoms with E-state index in [1.807, 2.05) is 11.9 Å². The van der Waals surface area contributed by atoms with Crippen molar-refractivity contribution in [3.8, 4) is 0 Å². The molecule has 1 aromatic rings. The molecule has 0 saturated carbocycles. The summed E-state index contributed by atoms with van der Waals surface area (Å²) in [4.78, 5) is 13.3. The molecular weight excluding hydrogens is 188 g/mol. The second kappa shape index (κ2) is 3.66. The van der Waals surface area contributed by atoms with Crippen LogP contribution in [0.2, 0.25) is 0 Å². The molecule has 0 aromatic heterocycles. The van der Waals surface area contributed by atoms with E-state index in [-0.39, 0.29) is 11.9 Å². The highest BCUT2D eigenvalue weighted by Crippen LogP contribution is 2.24. The number of carbonyl (C=O) groups is 1. The minimum Gasteiger partial charge on any atom is -0.368 e. The van der Waals surface area contributed by atoms with Crippen molar-refractivity contribution in [2.24, 2.45) is 5.73 Å². The second-order valence-corrected chi connectivity index (χ2v) is 4.25. The number of carbonyl (C=O) groups excluding carboxylic acids is 1. The average Bonchev–Trinajstić information content (AvgIpc) is 2.16. The maximum atomic E-state index is 11.3. The van der Waals surface area contributed by atoms with Crippen LogP contribution < -0.4 is 5.73 Å². The lowest BCUT2D eigenvalue weighted by Crippen LogP contribution is -2.46. The van der Waals surface area contributed by atoms with Gasteiger partial charge in [0.1, 0.15) is 0 Å². The molecule has 1 aliphatic rings. The van der Waals surface area contributed by atoms with Gasteiger partial charge in [-0.3, -0.25) is 9.69 Å². The minimum atomic E-state index is -0.230. The largest absolute Gasteiger partial charge is 0.368 e. The van der Waals surface area contributed by atoms with Gasteiger partial charge >= 0.3 is 0 Å². The molecule has 0 saturated heterocycles. The Labute approximate surface area is 89.9 Å². The molecule has 0 aliphatic carbocycles. The lowest BCUT2D eigenvalue weighted by atomic mass is 9.91. The van der Waals surface area contributed by atoms with Gasteiger partial charge in [0.2, 0.25) is 5.91 Å². The van der Waals surface area contributed by atoms with Crippen LogP contribution in [0.15, 0.2) is 18.2 Å². The highest BCUT2D eigenvalue weighted by molar-refractivity contribution is 5.80. The fourth-order valence-electron chi connectivity index (χ4n) is 2.25. The van der Waals surface area contributed by atoms with Crippen LogP contribution in [0, 0.1) is 6.92 Å². The van der Waals surface area contributed by atoms with Gasteiger partial charge in [-0.15, -0.1) is 0 Å². The fraction of sp³-hybridized carbons (Fsp3) is 0.417. The van der Waals surface area contributed by atoms with Crippen LogP contribution in [0.25, 0.3) is 0 Å². The summed E-state index contributed by atoms with van der Waals surface area (Å²) in [6.45, 7) is 2.90. The summed E-state index contributed by atoms with van der Waals surface area (Å²) in [5.41, 5.74) is 9.25. The Morgan fingerprint density at radius 2 is 2.27 bits per heavy atom. The summed E-state index contributed by atoms with van der Waals surface area (Å²) >= 11 is 0. The smallest absolute Gasteiger partial charge is 0.235 e. The summed E-state index contributed by atoms with van der Waals surface area (Å²) in [7, 11) is 1.95. The Morgan fingerprint density at radius 3 is 2.93 bits per heavy atom. The molecule has 0 fully saturated rings. The van der Waals surface area contributed by atoms with Crippen molar-refractivity contribution in [1.29, 1.82) is 0 Å². The zero-order valence-electron chi connectivity index (χ0n) is 9.16. The molecule has 0 radical (unpaired) electrons. The van der Waals surface area contributed by atoms with Crippen LogP contribution in [-0.4, -0.2) is 23.9 Å². The molecule has 15 heavy (non-hydrogen) atoms. The Kier molecular flexibility index (Phi) is 2.49. The molecule has 0 spiro atoms. The van der Waals surface area contributed by atoms with Gasteiger partial charge in [0.05, 0.1) is 6.04 Å². The normalized spacial score (nSPS) is 21.1. The van der Waals surface area contributed by atoms with Gasteiger partial charge in [-0.25, -0.2) is 0 Å². The number of hydrogen-bond donors (Lipinski definition) is 1. The first-order valence-corrected chi connectivity index (χ1v) is 5.16. The maximum Gasteiger partial charge on any atom is 0.235 e. The van der Waals surface area contributed by atoms with Crippen LogP contribution in [-0.2, 0) is 17.8 Å². The van der Waals surface area contributed by atoms with E-state index in [0.717, 1.165) is 13.0 Å². The zero-order chi connectivity index (χ0) is 11.0. The summed E-state index contributed by atoms with van der Waals surface area (Å²) < 4.78 is 0. The van der Waals surface area contributed by atoms with Crippen molar-refractivity contribution in [2.45, 2.75) is 25.9 Å². The molecular formula is C12H16N2O. The first-order chi connectivity index (χ1) is 7.09. The monoisotopic (exact) mass is 204 g/mol. The fourth-order valence-corrected chi connectivity index (χ4v) is 2.25. The van der Waals surface area contributed by atoms with E-state index in [2.05, 4.69) is 25.1 Å². The Hall–Kier alpha value is -1.35. The van der Waals surface area contributed by atoms with E-state index in [4.69, 9.17) is 5.73 Å². The molecule has 3 nitrogen and oxygen atoms in total. The SMILES string of the molecule is Cc1cccc2c1C[C@H](C(N)=O)N(C)C2. The van der Waals surface area contributed by atoms with E-state index in [1.54, 1.807) is 0 Å². The number of benzene rings is 1. The van der Waals surface area contributed by atoms with Gasteiger partial charge in [0.15, 0.2) is 0 Å². The molecule has 1 heterocycles. The van der Waals surface area contributed by atoms with Gasteiger partial charge in [0.25, 0.3) is 0 Å². The van der Waals surface area contributed by atoms with Crippen molar-refractivity contribution < 1.29 is 4.79 Å². The van der Waals surface area contributed by atoms with Crippen molar-refractivity contribution in [2.75, 3.05) is 7.05 Å². The van der Waals surface area contributed by atoms with E-state index < -0.39 is 0 Å². The Balaban J connectivity index is 2.39. The Morgan fingerprint density at radius 1 is 1.53 bits per heavy atom. The number of primary amides is 1. The molecule has 1 aliphatic heterocycles. The van der Waals surface area contributed by atoms with Crippen LogP contribution in [0.4, 0.5) is 0 Å². The van der Waals surface area contributed by atoms with Gasteiger partial charge in [-0.2, -0.15) is 0 Å². The summed E-state index contributed by atoms with van der Waals surface area (Å²) in [5, 5.41) is 0. The van der Waals surface area contributed by atoms with Gasteiger partial charge < -0.3 is 5.73 Å². The number of hydrogen-bond acceptors (Lipinski definition) is 2. The molecule has 80 valence electrons. The van der Waals surface area contributed by atoms with Crippen molar-refractivity contribution in [3.05, 3.63) is 34.9 Å². The third kappa shape index (κ3) is 1.75. The molecule has 2 N–H and O–H groups in total. The number of aryl methyl sites for hydroxylation is 1. The van der Waals surface area contributed by atoms with Gasteiger partial charge in [-0.1, -0.05) is 18.2 Å². The molecule has 0 bridgehead atoms. The van der Waals surface area contributed by atoms with E-state index in [9.17, 15) is 4.79 Å². The molecule has 2 rings (SSSR count). The first-order valence-electron chi connectivity index (χ1n) is 5.16.